The van der Waals surface area contributed by atoms with Crippen LogP contribution in [0.25, 0.3) is 5.57 Å². The Morgan fingerprint density at radius 2 is 1.56 bits per heavy atom. The van der Waals surface area contributed by atoms with E-state index in [1.807, 2.05) is 49.1 Å². The van der Waals surface area contributed by atoms with Gasteiger partial charge in [0.15, 0.2) is 0 Å². The van der Waals surface area contributed by atoms with Gasteiger partial charge in [0, 0.05) is 24.2 Å². The molecule has 0 atom stereocenters. The molecule has 0 unspecified atom stereocenters. The van der Waals surface area contributed by atoms with Crippen molar-refractivity contribution in [2.75, 3.05) is 26.2 Å². The highest BCUT2D eigenvalue weighted by atomic mass is 32.2. The molecule has 34 heavy (non-hydrogen) atoms. The lowest BCUT2D eigenvalue weighted by atomic mass is 9.88. The summed E-state index contributed by atoms with van der Waals surface area (Å²) in [5, 5.41) is 3.48. The predicted molar refractivity (Wildman–Crippen MR) is 139 cm³/mol. The summed E-state index contributed by atoms with van der Waals surface area (Å²) in [5.74, 6) is 1.92. The van der Waals surface area contributed by atoms with E-state index in [1.54, 1.807) is 11.8 Å². The number of fused-ring (bicyclic) bond motifs is 2. The van der Waals surface area contributed by atoms with Gasteiger partial charge >= 0.3 is 0 Å². The number of benzene rings is 3. The summed E-state index contributed by atoms with van der Waals surface area (Å²) >= 11 is 1.76. The Hall–Kier alpha value is -3.02. The van der Waals surface area contributed by atoms with Crippen LogP contribution in [0.15, 0.2) is 82.1 Å². The van der Waals surface area contributed by atoms with Crippen LogP contribution >= 0.6 is 11.8 Å². The van der Waals surface area contributed by atoms with Crippen LogP contribution in [0, 0.1) is 0 Å². The number of ether oxygens (including phenoxy) is 1. The topological polar surface area (TPSA) is 41.6 Å². The molecule has 2 heterocycles. The van der Waals surface area contributed by atoms with Crippen LogP contribution < -0.4 is 10.1 Å². The van der Waals surface area contributed by atoms with Crippen LogP contribution in [-0.4, -0.2) is 37.0 Å². The lowest BCUT2D eigenvalue weighted by molar-refractivity contribution is 0.0773. The number of amides is 1. The van der Waals surface area contributed by atoms with E-state index in [1.165, 1.54) is 11.1 Å². The van der Waals surface area contributed by atoms with Gasteiger partial charge in [-0.1, -0.05) is 53.7 Å². The number of nitrogens with one attached hydrogen (secondary N) is 1. The van der Waals surface area contributed by atoms with E-state index >= 15 is 0 Å². The van der Waals surface area contributed by atoms with Crippen molar-refractivity contribution in [3.05, 3.63) is 89.0 Å². The van der Waals surface area contributed by atoms with Crippen LogP contribution in [0.2, 0.25) is 0 Å². The maximum absolute atomic E-state index is 12.9. The number of para-hydroxylation sites is 2. The summed E-state index contributed by atoms with van der Waals surface area (Å²) < 4.78 is 6.49. The van der Waals surface area contributed by atoms with E-state index in [0.29, 0.717) is 13.1 Å². The zero-order chi connectivity index (χ0) is 23.5. The first-order valence-electron chi connectivity index (χ1n) is 12.1. The van der Waals surface area contributed by atoms with E-state index in [0.717, 1.165) is 63.9 Å². The second-order valence-corrected chi connectivity index (χ2v) is 9.65. The molecule has 0 saturated carbocycles. The molecule has 2 aliphatic rings. The van der Waals surface area contributed by atoms with E-state index in [-0.39, 0.29) is 5.91 Å². The van der Waals surface area contributed by atoms with Crippen molar-refractivity contribution in [1.82, 2.24) is 10.2 Å². The highest BCUT2D eigenvalue weighted by Gasteiger charge is 2.25. The van der Waals surface area contributed by atoms with Crippen molar-refractivity contribution in [3.8, 4) is 11.5 Å². The molecule has 1 fully saturated rings. The minimum absolute atomic E-state index is 0.0843. The quantitative estimate of drug-likeness (QED) is 0.356. The van der Waals surface area contributed by atoms with Crippen molar-refractivity contribution in [3.63, 3.8) is 0 Å². The molecule has 5 rings (SSSR count). The molecule has 1 amide bonds. The summed E-state index contributed by atoms with van der Waals surface area (Å²) in [5.41, 5.74) is 5.66. The fraction of sp³-hybridized carbons (Fsp3) is 0.276. The molecular formula is C29H30N2O2S. The molecule has 1 N–H and O–H groups in total. The monoisotopic (exact) mass is 470 g/mol. The minimum atomic E-state index is 0.0843. The van der Waals surface area contributed by atoms with Gasteiger partial charge in [0.2, 0.25) is 0 Å². The van der Waals surface area contributed by atoms with Crippen molar-refractivity contribution >= 4 is 23.2 Å². The number of nitrogens with zero attached hydrogens (tertiary/aromatic N) is 1. The summed E-state index contributed by atoms with van der Waals surface area (Å²) in [7, 11) is 0. The zero-order valence-corrected chi connectivity index (χ0v) is 20.6. The molecule has 3 aromatic rings. The molecule has 0 aliphatic carbocycles. The first-order chi connectivity index (χ1) is 16.7. The third kappa shape index (κ3) is 4.38. The highest BCUT2D eigenvalue weighted by molar-refractivity contribution is 7.99. The van der Waals surface area contributed by atoms with Gasteiger partial charge in [0.1, 0.15) is 11.5 Å². The number of rotatable bonds is 5. The number of hydrogen-bond acceptors (Lipinski definition) is 4. The highest BCUT2D eigenvalue weighted by Crippen LogP contribution is 2.50. The van der Waals surface area contributed by atoms with Crippen LogP contribution in [0.3, 0.4) is 0 Å². The molecule has 0 radical (unpaired) electrons. The van der Waals surface area contributed by atoms with Crippen molar-refractivity contribution in [1.29, 1.82) is 0 Å². The van der Waals surface area contributed by atoms with E-state index in [9.17, 15) is 4.79 Å². The van der Waals surface area contributed by atoms with Crippen molar-refractivity contribution in [2.24, 2.45) is 0 Å². The normalized spacial score (nSPS) is 14.6. The molecule has 0 bridgehead atoms. The van der Waals surface area contributed by atoms with Gasteiger partial charge in [-0.3, -0.25) is 4.79 Å². The smallest absolute Gasteiger partial charge is 0.253 e. The fourth-order valence-electron chi connectivity index (χ4n) is 4.75. The van der Waals surface area contributed by atoms with Crippen LogP contribution in [0.1, 0.15) is 48.2 Å². The molecule has 1 saturated heterocycles. The van der Waals surface area contributed by atoms with Crippen LogP contribution in [0.5, 0.6) is 11.5 Å². The third-order valence-electron chi connectivity index (χ3n) is 6.56. The minimum Gasteiger partial charge on any atom is -0.454 e. The summed E-state index contributed by atoms with van der Waals surface area (Å²) in [6, 6.07) is 22.8. The maximum atomic E-state index is 12.9. The number of piperidine rings is 1. The predicted octanol–water partition coefficient (Wildman–Crippen LogP) is 6.61. The first kappa shape index (κ1) is 22.8. The fourth-order valence-corrected chi connectivity index (χ4v) is 5.73. The van der Waals surface area contributed by atoms with Gasteiger partial charge in [0.05, 0.1) is 9.79 Å². The maximum Gasteiger partial charge on any atom is 0.253 e. The Morgan fingerprint density at radius 3 is 2.29 bits per heavy atom. The summed E-state index contributed by atoms with van der Waals surface area (Å²) in [4.78, 5) is 17.0. The van der Waals surface area contributed by atoms with Gasteiger partial charge in [0.25, 0.3) is 5.91 Å². The standard InChI is InChI=1S/C29H30N2O2S/c1-3-31(4-2)29(32)22-14-12-20(13-15-22)27(21-16-18-30-19-17-21)23-8-7-11-26-28(23)33-24-9-5-6-10-25(24)34-26/h5-15,30H,3-4,16-19H2,1-2H3. The van der Waals surface area contributed by atoms with Crippen LogP contribution in [-0.2, 0) is 0 Å². The molecule has 0 spiro atoms. The Morgan fingerprint density at radius 1 is 0.882 bits per heavy atom. The molecule has 3 aromatic carbocycles. The lowest BCUT2D eigenvalue weighted by Gasteiger charge is -2.26. The Balaban J connectivity index is 1.58. The van der Waals surface area contributed by atoms with Gasteiger partial charge in [-0.05, 0) is 81.2 Å². The second kappa shape index (κ2) is 10.1. The molecule has 2 aliphatic heterocycles. The Labute approximate surface area is 206 Å². The van der Waals surface area contributed by atoms with Gasteiger partial charge in [-0.15, -0.1) is 0 Å². The van der Waals surface area contributed by atoms with E-state index < -0.39 is 0 Å². The molecule has 0 aromatic heterocycles. The summed E-state index contributed by atoms with van der Waals surface area (Å²) in [6.07, 6.45) is 2.01. The Bertz CT molecular complexity index is 1220. The molecular weight excluding hydrogens is 440 g/mol. The largest absolute Gasteiger partial charge is 0.454 e. The van der Waals surface area contributed by atoms with Gasteiger partial charge < -0.3 is 15.0 Å². The Kier molecular flexibility index (Phi) is 6.75. The third-order valence-corrected chi connectivity index (χ3v) is 7.66. The number of carbonyl (C=O) groups is 1. The second-order valence-electron chi connectivity index (χ2n) is 8.57. The number of carbonyl (C=O) groups excluding carboxylic acids is 1. The zero-order valence-electron chi connectivity index (χ0n) is 19.8. The average Bonchev–Trinajstić information content (AvgIpc) is 2.89. The van der Waals surface area contributed by atoms with E-state index in [2.05, 4.69) is 41.7 Å². The molecule has 4 nitrogen and oxygen atoms in total. The van der Waals surface area contributed by atoms with Gasteiger partial charge in [-0.25, -0.2) is 0 Å². The first-order valence-corrected chi connectivity index (χ1v) is 12.9. The lowest BCUT2D eigenvalue weighted by Crippen LogP contribution is -2.30. The molecule has 174 valence electrons. The van der Waals surface area contributed by atoms with E-state index in [4.69, 9.17) is 4.74 Å². The van der Waals surface area contributed by atoms with Gasteiger partial charge in [-0.2, -0.15) is 0 Å². The SMILES string of the molecule is CCN(CC)C(=O)c1ccc(C(=C2CCNCC2)c2cccc3c2Oc2ccccc2S3)cc1. The van der Waals surface area contributed by atoms with Crippen molar-refractivity contribution < 1.29 is 9.53 Å². The van der Waals surface area contributed by atoms with Crippen molar-refractivity contribution in [2.45, 2.75) is 36.5 Å². The van der Waals surface area contributed by atoms with Crippen LogP contribution in [0.4, 0.5) is 0 Å². The number of hydrogen-bond donors (Lipinski definition) is 1. The summed E-state index contributed by atoms with van der Waals surface area (Å²) in [6.45, 7) is 7.42. The average molecular weight is 471 g/mol. The molecule has 5 heteroatoms.